The van der Waals surface area contributed by atoms with Gasteiger partial charge in [-0.1, -0.05) is 12.1 Å². The number of phenolic OH excluding ortho intramolecular Hbond substituents is 1. The Kier molecular flexibility index (Phi) is 3.17. The molecule has 1 heterocycles. The molecule has 0 amide bonds. The molecule has 2 rings (SSSR count). The number of carbonyl (C=O) groups excluding carboxylic acids is 1. The number of carbonyl (C=O) groups is 1. The maximum absolute atomic E-state index is 11.4. The van der Waals surface area contributed by atoms with Gasteiger partial charge in [0.1, 0.15) is 11.5 Å². The van der Waals surface area contributed by atoms with Gasteiger partial charge in [-0.3, -0.25) is 4.79 Å². The first-order valence-electron chi connectivity index (χ1n) is 5.54. The third kappa shape index (κ3) is 2.48. The molecule has 17 heavy (non-hydrogen) atoms. The monoisotopic (exact) mass is 236 g/mol. The third-order valence-electron chi connectivity index (χ3n) is 3.12. The fourth-order valence-electron chi connectivity index (χ4n) is 1.64. The Balaban J connectivity index is 2.04. The first-order chi connectivity index (χ1) is 8.01. The third-order valence-corrected chi connectivity index (χ3v) is 3.12. The molecule has 0 saturated carbocycles. The molecule has 0 spiro atoms. The molecule has 0 atom stereocenters. The zero-order valence-electron chi connectivity index (χ0n) is 9.97. The van der Waals surface area contributed by atoms with Gasteiger partial charge in [0, 0.05) is 5.56 Å². The van der Waals surface area contributed by atoms with Crippen molar-refractivity contribution in [1.82, 2.24) is 0 Å². The number of benzene rings is 1. The van der Waals surface area contributed by atoms with Gasteiger partial charge in [-0.05, 0) is 26.0 Å². The molecule has 1 N–H and O–H groups in total. The molecule has 0 radical (unpaired) electrons. The van der Waals surface area contributed by atoms with Crippen LogP contribution in [0.1, 0.15) is 25.7 Å². The van der Waals surface area contributed by atoms with Gasteiger partial charge in [-0.2, -0.15) is 0 Å². The summed E-state index contributed by atoms with van der Waals surface area (Å²) in [5.74, 6) is 0.278. The fourth-order valence-corrected chi connectivity index (χ4v) is 1.64. The zero-order valence-corrected chi connectivity index (χ0v) is 9.97. The van der Waals surface area contributed by atoms with Crippen molar-refractivity contribution in [1.29, 1.82) is 0 Å². The second-order valence-corrected chi connectivity index (χ2v) is 4.66. The molecule has 1 saturated heterocycles. The second kappa shape index (κ2) is 4.47. The van der Waals surface area contributed by atoms with Crippen LogP contribution >= 0.6 is 0 Å². The normalized spacial score (nSPS) is 28.9. The number of ketones is 1. The molecule has 4 heteroatoms. The lowest BCUT2D eigenvalue weighted by atomic mass is 9.88. The molecule has 0 bridgehead atoms. The fraction of sp³-hybridized carbons (Fsp3) is 0.462. The van der Waals surface area contributed by atoms with Gasteiger partial charge < -0.3 is 14.6 Å². The second-order valence-electron chi connectivity index (χ2n) is 4.66. The van der Waals surface area contributed by atoms with E-state index in [2.05, 4.69) is 0 Å². The summed E-state index contributed by atoms with van der Waals surface area (Å²) in [5.41, 5.74) is 0.293. The Morgan fingerprint density at radius 1 is 1.29 bits per heavy atom. The van der Waals surface area contributed by atoms with Crippen LogP contribution in [0.25, 0.3) is 0 Å². The van der Waals surface area contributed by atoms with Crippen LogP contribution in [0.3, 0.4) is 0 Å². The maximum atomic E-state index is 11.4. The average molecular weight is 236 g/mol. The van der Waals surface area contributed by atoms with Crippen LogP contribution in [0.2, 0.25) is 0 Å². The summed E-state index contributed by atoms with van der Waals surface area (Å²) in [7, 11) is 0. The summed E-state index contributed by atoms with van der Waals surface area (Å²) >= 11 is 0. The SMILES string of the molecule is CC(=O)C1(C)COC(c2ccc(O)cc2)OC1. The Morgan fingerprint density at radius 3 is 2.29 bits per heavy atom. The van der Waals surface area contributed by atoms with E-state index < -0.39 is 11.7 Å². The molecule has 0 aromatic heterocycles. The van der Waals surface area contributed by atoms with E-state index in [0.29, 0.717) is 13.2 Å². The van der Waals surface area contributed by atoms with E-state index in [1.807, 2.05) is 6.92 Å². The summed E-state index contributed by atoms with van der Waals surface area (Å²) in [6.45, 7) is 4.09. The van der Waals surface area contributed by atoms with Gasteiger partial charge >= 0.3 is 0 Å². The Bertz CT molecular complexity index is 402. The number of ether oxygens (including phenoxy) is 2. The number of aromatic hydroxyl groups is 1. The van der Waals surface area contributed by atoms with E-state index in [4.69, 9.17) is 9.47 Å². The maximum Gasteiger partial charge on any atom is 0.183 e. The zero-order chi connectivity index (χ0) is 12.5. The summed E-state index contributed by atoms with van der Waals surface area (Å²) in [6, 6.07) is 6.66. The number of phenols is 1. The lowest BCUT2D eigenvalue weighted by molar-refractivity contribution is -0.226. The van der Waals surface area contributed by atoms with Crippen LogP contribution in [-0.2, 0) is 14.3 Å². The summed E-state index contributed by atoms with van der Waals surface area (Å²) in [6.07, 6.45) is -0.456. The molecule has 1 aromatic carbocycles. The van der Waals surface area contributed by atoms with Crippen LogP contribution < -0.4 is 0 Å². The van der Waals surface area contributed by atoms with Gasteiger partial charge in [0.05, 0.1) is 18.6 Å². The predicted molar refractivity (Wildman–Crippen MR) is 61.5 cm³/mol. The molecule has 1 aliphatic heterocycles. The van der Waals surface area contributed by atoms with E-state index in [-0.39, 0.29) is 11.5 Å². The average Bonchev–Trinajstić information content (AvgIpc) is 2.31. The molecule has 1 aliphatic rings. The minimum Gasteiger partial charge on any atom is -0.508 e. The van der Waals surface area contributed by atoms with E-state index >= 15 is 0 Å². The number of hydrogen-bond acceptors (Lipinski definition) is 4. The van der Waals surface area contributed by atoms with Gasteiger partial charge in [-0.15, -0.1) is 0 Å². The molecule has 0 unspecified atom stereocenters. The van der Waals surface area contributed by atoms with Crippen molar-refractivity contribution in [3.63, 3.8) is 0 Å². The van der Waals surface area contributed by atoms with Crippen molar-refractivity contribution in [2.45, 2.75) is 20.1 Å². The smallest absolute Gasteiger partial charge is 0.183 e. The van der Waals surface area contributed by atoms with Crippen LogP contribution in [0.15, 0.2) is 24.3 Å². The van der Waals surface area contributed by atoms with Gasteiger partial charge in [0.15, 0.2) is 6.29 Å². The first-order valence-corrected chi connectivity index (χ1v) is 5.54. The summed E-state index contributed by atoms with van der Waals surface area (Å²) in [5, 5.41) is 9.18. The van der Waals surface area contributed by atoms with E-state index in [9.17, 15) is 9.90 Å². The van der Waals surface area contributed by atoms with Crippen molar-refractivity contribution in [3.05, 3.63) is 29.8 Å². The number of rotatable bonds is 2. The Labute approximate surface area is 100 Å². The minimum absolute atomic E-state index is 0.0710. The van der Waals surface area contributed by atoms with Crippen LogP contribution in [0.5, 0.6) is 5.75 Å². The molecule has 1 aromatic rings. The van der Waals surface area contributed by atoms with E-state index in [0.717, 1.165) is 5.56 Å². The van der Waals surface area contributed by atoms with Gasteiger partial charge in [-0.25, -0.2) is 0 Å². The van der Waals surface area contributed by atoms with Crippen molar-refractivity contribution in [2.75, 3.05) is 13.2 Å². The van der Waals surface area contributed by atoms with Crippen molar-refractivity contribution >= 4 is 5.78 Å². The molecule has 1 fully saturated rings. The van der Waals surface area contributed by atoms with Crippen molar-refractivity contribution in [2.24, 2.45) is 5.41 Å². The minimum atomic E-state index is -0.548. The van der Waals surface area contributed by atoms with Crippen LogP contribution in [0.4, 0.5) is 0 Å². The highest BCUT2D eigenvalue weighted by atomic mass is 16.7. The van der Waals surface area contributed by atoms with Crippen molar-refractivity contribution in [3.8, 4) is 5.75 Å². The van der Waals surface area contributed by atoms with Gasteiger partial charge in [0.25, 0.3) is 0 Å². The Morgan fingerprint density at radius 2 is 1.82 bits per heavy atom. The number of Topliss-reactive ketones (excluding diaryl/α,β-unsaturated/α-hetero) is 1. The van der Waals surface area contributed by atoms with Crippen LogP contribution in [-0.4, -0.2) is 24.1 Å². The highest BCUT2D eigenvalue weighted by Crippen LogP contribution is 2.32. The number of hydrogen-bond donors (Lipinski definition) is 1. The molecule has 92 valence electrons. The topological polar surface area (TPSA) is 55.8 Å². The molecular formula is C13H16O4. The lowest BCUT2D eigenvalue weighted by Gasteiger charge is -2.35. The van der Waals surface area contributed by atoms with Crippen LogP contribution in [0, 0.1) is 5.41 Å². The molecule has 4 nitrogen and oxygen atoms in total. The van der Waals surface area contributed by atoms with E-state index in [1.54, 1.807) is 31.2 Å². The Hall–Kier alpha value is -1.39. The van der Waals surface area contributed by atoms with Crippen molar-refractivity contribution < 1.29 is 19.4 Å². The highest BCUT2D eigenvalue weighted by molar-refractivity contribution is 5.82. The summed E-state index contributed by atoms with van der Waals surface area (Å²) in [4.78, 5) is 11.4. The summed E-state index contributed by atoms with van der Waals surface area (Å²) < 4.78 is 11.1. The quantitative estimate of drug-likeness (QED) is 0.853. The standard InChI is InChI=1S/C13H16O4/c1-9(14)13(2)7-16-12(17-8-13)10-3-5-11(15)6-4-10/h3-6,12,15H,7-8H2,1-2H3. The lowest BCUT2D eigenvalue weighted by Crippen LogP contribution is -2.41. The molecular weight excluding hydrogens is 220 g/mol. The largest absolute Gasteiger partial charge is 0.508 e. The molecule has 0 aliphatic carbocycles. The predicted octanol–water partition coefficient (Wildman–Crippen LogP) is 2.03. The van der Waals surface area contributed by atoms with E-state index in [1.165, 1.54) is 0 Å². The highest BCUT2D eigenvalue weighted by Gasteiger charge is 2.37. The first kappa shape index (κ1) is 12.1. The van der Waals surface area contributed by atoms with Gasteiger partial charge in [0.2, 0.25) is 0 Å².